The minimum atomic E-state index is -0.0956. The molecule has 36 heavy (non-hydrogen) atoms. The van der Waals surface area contributed by atoms with E-state index in [2.05, 4.69) is 65.9 Å². The van der Waals surface area contributed by atoms with Gasteiger partial charge in [-0.25, -0.2) is 0 Å². The highest BCUT2D eigenvalue weighted by molar-refractivity contribution is 9.10. The zero-order valence-electron chi connectivity index (χ0n) is 19.3. The first-order chi connectivity index (χ1) is 17.4. The summed E-state index contributed by atoms with van der Waals surface area (Å²) in [5, 5.41) is 22.0. The van der Waals surface area contributed by atoms with Crippen LogP contribution in [0.25, 0.3) is 0 Å². The van der Waals surface area contributed by atoms with Crippen molar-refractivity contribution in [1.29, 1.82) is 0 Å². The third-order valence-corrected chi connectivity index (χ3v) is 7.98. The van der Waals surface area contributed by atoms with Crippen LogP contribution in [0.5, 0.6) is 11.5 Å². The van der Waals surface area contributed by atoms with Crippen LogP contribution in [0.15, 0.2) is 106 Å². The van der Waals surface area contributed by atoms with Crippen molar-refractivity contribution in [3.05, 3.63) is 128 Å². The summed E-state index contributed by atoms with van der Waals surface area (Å²) in [5.41, 5.74) is 3.85. The average Bonchev–Trinajstić information content (AvgIpc) is 3.14. The van der Waals surface area contributed by atoms with E-state index in [0.29, 0.717) is 18.2 Å². The monoisotopic (exact) mass is 622 g/mol. The average molecular weight is 624 g/mol. The zero-order valence-corrected chi connectivity index (χ0v) is 23.2. The van der Waals surface area contributed by atoms with Crippen molar-refractivity contribution in [2.75, 3.05) is 0 Å². The second kappa shape index (κ2) is 10.6. The number of halogens is 2. The van der Waals surface area contributed by atoms with Gasteiger partial charge >= 0.3 is 0 Å². The molecule has 4 nitrogen and oxygen atoms in total. The Hall–Kier alpha value is -2.87. The topological polar surface area (TPSA) is 46.9 Å². The van der Waals surface area contributed by atoms with Crippen molar-refractivity contribution in [2.45, 2.75) is 25.2 Å². The molecular formula is C29H24Br2N2O2S. The van der Waals surface area contributed by atoms with Crippen LogP contribution in [0.3, 0.4) is 0 Å². The number of aromatic hydroxyl groups is 2. The van der Waals surface area contributed by atoms with E-state index < -0.39 is 0 Å². The minimum absolute atomic E-state index is 0.0956. The maximum Gasteiger partial charge on any atom is 0.173 e. The van der Waals surface area contributed by atoms with Gasteiger partial charge in [-0.2, -0.15) is 0 Å². The van der Waals surface area contributed by atoms with Gasteiger partial charge < -0.3 is 20.0 Å². The lowest BCUT2D eigenvalue weighted by molar-refractivity contribution is 0.260. The Morgan fingerprint density at radius 1 is 0.611 bits per heavy atom. The van der Waals surface area contributed by atoms with Crippen LogP contribution in [0.2, 0.25) is 0 Å². The normalized spacial score (nSPS) is 17.6. The van der Waals surface area contributed by atoms with Crippen LogP contribution < -0.4 is 0 Å². The molecule has 2 N–H and O–H groups in total. The first-order valence-corrected chi connectivity index (χ1v) is 13.5. The van der Waals surface area contributed by atoms with Gasteiger partial charge in [0.05, 0.1) is 12.1 Å². The molecule has 0 amide bonds. The fourth-order valence-electron chi connectivity index (χ4n) is 4.81. The Morgan fingerprint density at radius 3 is 1.36 bits per heavy atom. The number of thiocarbonyl (C=S) groups is 1. The van der Waals surface area contributed by atoms with Crippen LogP contribution >= 0.6 is 44.1 Å². The lowest BCUT2D eigenvalue weighted by Crippen LogP contribution is -2.32. The van der Waals surface area contributed by atoms with Crippen LogP contribution in [0, 0.1) is 0 Å². The number of benzene rings is 4. The number of rotatable bonds is 6. The molecule has 1 aliphatic rings. The molecule has 0 bridgehead atoms. The highest BCUT2D eigenvalue weighted by Gasteiger charge is 2.45. The fourth-order valence-corrected chi connectivity index (χ4v) is 5.86. The molecule has 1 heterocycles. The molecule has 1 aliphatic heterocycles. The number of phenols is 2. The summed E-state index contributed by atoms with van der Waals surface area (Å²) in [4.78, 5) is 4.36. The summed E-state index contributed by atoms with van der Waals surface area (Å²) < 4.78 is 1.64. The lowest BCUT2D eigenvalue weighted by atomic mass is 9.92. The molecule has 5 rings (SSSR count). The SMILES string of the molecule is Oc1cc(Br)ccc1CN1C(=S)N(Cc2ccc(Br)cc2O)[C@H](c2ccccc2)[C@H]1c1ccccc1. The zero-order chi connectivity index (χ0) is 25.2. The van der Waals surface area contributed by atoms with E-state index in [1.165, 1.54) is 0 Å². The smallest absolute Gasteiger partial charge is 0.173 e. The molecule has 2 atom stereocenters. The Labute approximate surface area is 233 Å². The summed E-state index contributed by atoms with van der Waals surface area (Å²) in [6.07, 6.45) is 0. The molecule has 1 saturated heterocycles. The van der Waals surface area contributed by atoms with E-state index in [4.69, 9.17) is 12.2 Å². The van der Waals surface area contributed by atoms with Gasteiger partial charge in [-0.3, -0.25) is 0 Å². The van der Waals surface area contributed by atoms with Crippen LogP contribution in [-0.4, -0.2) is 25.1 Å². The van der Waals surface area contributed by atoms with Gasteiger partial charge in [0, 0.05) is 33.2 Å². The number of hydrogen-bond donors (Lipinski definition) is 2. The van der Waals surface area contributed by atoms with Gasteiger partial charge in [0.15, 0.2) is 5.11 Å². The summed E-state index contributed by atoms with van der Waals surface area (Å²) in [6.45, 7) is 0.896. The highest BCUT2D eigenvalue weighted by atomic mass is 79.9. The van der Waals surface area contributed by atoms with Gasteiger partial charge in [-0.05, 0) is 47.6 Å². The van der Waals surface area contributed by atoms with E-state index in [0.717, 1.165) is 31.2 Å². The molecule has 0 aliphatic carbocycles. The lowest BCUT2D eigenvalue weighted by Gasteiger charge is -2.30. The Bertz CT molecular complexity index is 1280. The molecule has 0 unspecified atom stereocenters. The maximum atomic E-state index is 10.7. The molecule has 0 radical (unpaired) electrons. The van der Waals surface area contributed by atoms with Gasteiger partial charge in [0.1, 0.15) is 11.5 Å². The second-order valence-corrected chi connectivity index (χ2v) is 11.0. The third-order valence-electron chi connectivity index (χ3n) is 6.52. The van der Waals surface area contributed by atoms with Crippen molar-refractivity contribution >= 4 is 49.2 Å². The summed E-state index contributed by atoms with van der Waals surface area (Å²) in [7, 11) is 0. The van der Waals surface area contributed by atoms with Gasteiger partial charge in [0.2, 0.25) is 0 Å². The number of hydrogen-bond acceptors (Lipinski definition) is 3. The second-order valence-electron chi connectivity index (χ2n) is 8.80. The molecular weight excluding hydrogens is 600 g/mol. The summed E-state index contributed by atoms with van der Waals surface area (Å²) in [5.74, 6) is 0.443. The predicted molar refractivity (Wildman–Crippen MR) is 154 cm³/mol. The Kier molecular flexibility index (Phi) is 7.32. The summed E-state index contributed by atoms with van der Waals surface area (Å²) >= 11 is 13.0. The van der Waals surface area contributed by atoms with Gasteiger partial charge in [-0.1, -0.05) is 105 Å². The van der Waals surface area contributed by atoms with E-state index in [9.17, 15) is 10.2 Å². The van der Waals surface area contributed by atoms with E-state index in [1.807, 2.05) is 60.7 Å². The van der Waals surface area contributed by atoms with Crippen LogP contribution in [-0.2, 0) is 13.1 Å². The van der Waals surface area contributed by atoms with Crippen molar-refractivity contribution in [3.8, 4) is 11.5 Å². The predicted octanol–water partition coefficient (Wildman–Crippen LogP) is 7.71. The molecule has 1 fully saturated rings. The van der Waals surface area contributed by atoms with Gasteiger partial charge in [0.25, 0.3) is 0 Å². The van der Waals surface area contributed by atoms with Crippen LogP contribution in [0.1, 0.15) is 34.3 Å². The molecule has 7 heteroatoms. The highest BCUT2D eigenvalue weighted by Crippen LogP contribution is 2.47. The largest absolute Gasteiger partial charge is 0.508 e. The van der Waals surface area contributed by atoms with Crippen molar-refractivity contribution in [3.63, 3.8) is 0 Å². The molecule has 4 aromatic carbocycles. The first-order valence-electron chi connectivity index (χ1n) is 11.5. The van der Waals surface area contributed by atoms with E-state index in [-0.39, 0.29) is 23.6 Å². The first kappa shape index (κ1) is 24.8. The van der Waals surface area contributed by atoms with Crippen molar-refractivity contribution < 1.29 is 10.2 Å². The molecule has 0 spiro atoms. The fraction of sp³-hybridized carbons (Fsp3) is 0.138. The summed E-state index contributed by atoms with van der Waals surface area (Å²) in [6, 6.07) is 31.6. The Morgan fingerprint density at radius 2 is 1.00 bits per heavy atom. The molecule has 4 aromatic rings. The third kappa shape index (κ3) is 5.01. The molecule has 0 aromatic heterocycles. The molecule has 182 valence electrons. The Balaban J connectivity index is 1.63. The minimum Gasteiger partial charge on any atom is -0.508 e. The standard InChI is InChI=1S/C29H24Br2N2O2S/c30-23-13-11-21(25(34)15-23)17-32-27(19-7-3-1-4-8-19)28(20-9-5-2-6-10-20)33(29(32)36)18-22-12-14-24(31)16-26(22)35/h1-16,27-28,34-35H,17-18H2/t27-,28-/m1/s1. The van der Waals surface area contributed by atoms with Gasteiger partial charge in [-0.15, -0.1) is 0 Å². The number of phenolic OH excluding ortho intramolecular Hbond substituents is 2. The number of nitrogens with zero attached hydrogens (tertiary/aromatic N) is 2. The maximum absolute atomic E-state index is 10.7. The molecule has 0 saturated carbocycles. The van der Waals surface area contributed by atoms with E-state index in [1.54, 1.807) is 12.1 Å². The quantitative estimate of drug-likeness (QED) is 0.215. The van der Waals surface area contributed by atoms with Crippen LogP contribution in [0.4, 0.5) is 0 Å². The van der Waals surface area contributed by atoms with E-state index >= 15 is 0 Å². The van der Waals surface area contributed by atoms with Crippen molar-refractivity contribution in [2.24, 2.45) is 0 Å². The van der Waals surface area contributed by atoms with Crippen molar-refractivity contribution in [1.82, 2.24) is 9.80 Å².